The zero-order valence-corrected chi connectivity index (χ0v) is 12.9. The molecule has 0 saturated heterocycles. The van der Waals surface area contributed by atoms with Crippen molar-refractivity contribution >= 4 is 29.0 Å². The number of benzene rings is 2. The zero-order valence-electron chi connectivity index (χ0n) is 12.2. The third kappa shape index (κ3) is 5.56. The first-order valence-electron chi connectivity index (χ1n) is 6.83. The van der Waals surface area contributed by atoms with Gasteiger partial charge in [-0.1, -0.05) is 35.9 Å². The van der Waals surface area contributed by atoms with Gasteiger partial charge in [0.25, 0.3) is 5.91 Å². The number of nitrogens with zero attached hydrogens (tertiary/aromatic N) is 1. The Morgan fingerprint density at radius 1 is 1.26 bits per heavy atom. The first-order valence-corrected chi connectivity index (χ1v) is 7.21. The molecule has 0 aliphatic carbocycles. The van der Waals surface area contributed by atoms with Crippen LogP contribution in [-0.4, -0.2) is 11.7 Å². The Labute approximate surface area is 138 Å². The Balaban J connectivity index is 1.92. The standard InChI is InChI=1S/C17H15ClFN3O/c18-13-5-3-6-14(11-13)21-9-8-16(20)22-17(23)10-12-4-1-2-7-15(12)19/h1-9,11,21H,10H2,(H2,20,22,23)/b9-8-. The fourth-order valence-electron chi connectivity index (χ4n) is 1.83. The predicted molar refractivity (Wildman–Crippen MR) is 90.9 cm³/mol. The van der Waals surface area contributed by atoms with E-state index in [4.69, 9.17) is 17.3 Å². The molecule has 0 spiro atoms. The van der Waals surface area contributed by atoms with E-state index < -0.39 is 11.7 Å². The van der Waals surface area contributed by atoms with Gasteiger partial charge in [-0.15, -0.1) is 0 Å². The van der Waals surface area contributed by atoms with E-state index in [0.717, 1.165) is 5.69 Å². The summed E-state index contributed by atoms with van der Waals surface area (Å²) in [6.07, 6.45) is 2.85. The molecule has 6 heteroatoms. The zero-order chi connectivity index (χ0) is 16.7. The highest BCUT2D eigenvalue weighted by Gasteiger charge is 2.06. The van der Waals surface area contributed by atoms with Crippen molar-refractivity contribution in [2.45, 2.75) is 6.42 Å². The second-order valence-electron chi connectivity index (χ2n) is 4.69. The van der Waals surface area contributed by atoms with Gasteiger partial charge in [0.1, 0.15) is 11.7 Å². The molecule has 0 heterocycles. The number of amidine groups is 1. The van der Waals surface area contributed by atoms with E-state index in [-0.39, 0.29) is 17.8 Å². The summed E-state index contributed by atoms with van der Waals surface area (Å²) in [6.45, 7) is 0. The van der Waals surface area contributed by atoms with E-state index in [1.165, 1.54) is 18.2 Å². The summed E-state index contributed by atoms with van der Waals surface area (Å²) >= 11 is 5.86. The molecule has 0 aliphatic rings. The Kier molecular flexibility index (Phi) is 5.88. The van der Waals surface area contributed by atoms with Gasteiger partial charge >= 0.3 is 0 Å². The number of carbonyl (C=O) groups excluding carboxylic acids is 1. The van der Waals surface area contributed by atoms with Crippen molar-refractivity contribution in [3.8, 4) is 0 Å². The average molecular weight is 332 g/mol. The number of halogens is 2. The topological polar surface area (TPSA) is 67.5 Å². The average Bonchev–Trinajstić information content (AvgIpc) is 2.49. The molecule has 0 aromatic heterocycles. The summed E-state index contributed by atoms with van der Waals surface area (Å²) in [6, 6.07) is 13.2. The van der Waals surface area contributed by atoms with Crippen molar-refractivity contribution in [3.05, 3.63) is 77.2 Å². The number of hydrogen-bond acceptors (Lipinski definition) is 2. The molecule has 1 amide bonds. The molecule has 118 valence electrons. The van der Waals surface area contributed by atoms with E-state index in [0.29, 0.717) is 5.02 Å². The molecule has 0 atom stereocenters. The van der Waals surface area contributed by atoms with Crippen LogP contribution in [0, 0.1) is 5.82 Å². The quantitative estimate of drug-likeness (QED) is 0.650. The molecule has 0 saturated carbocycles. The van der Waals surface area contributed by atoms with Crippen molar-refractivity contribution < 1.29 is 9.18 Å². The maximum Gasteiger partial charge on any atom is 0.252 e. The molecule has 2 rings (SSSR count). The fourth-order valence-corrected chi connectivity index (χ4v) is 2.02. The van der Waals surface area contributed by atoms with Crippen LogP contribution in [0.2, 0.25) is 5.02 Å². The summed E-state index contributed by atoms with van der Waals surface area (Å²) in [7, 11) is 0. The maximum atomic E-state index is 13.4. The minimum atomic E-state index is -0.514. The molecule has 0 fully saturated rings. The van der Waals surface area contributed by atoms with Gasteiger partial charge in [-0.3, -0.25) is 4.79 Å². The van der Waals surface area contributed by atoms with Crippen LogP contribution in [0.1, 0.15) is 5.56 Å². The second-order valence-corrected chi connectivity index (χ2v) is 5.12. The molecule has 0 unspecified atom stereocenters. The summed E-state index contributed by atoms with van der Waals surface area (Å²) in [5.41, 5.74) is 6.71. The second kappa shape index (κ2) is 8.10. The Hall–Kier alpha value is -2.66. The van der Waals surface area contributed by atoms with Crippen molar-refractivity contribution in [1.82, 2.24) is 0 Å². The minimum Gasteiger partial charge on any atom is -0.384 e. The molecule has 0 aliphatic heterocycles. The van der Waals surface area contributed by atoms with Crippen LogP contribution in [0.4, 0.5) is 10.1 Å². The summed E-state index contributed by atoms with van der Waals surface area (Å²) < 4.78 is 13.4. The molecule has 4 nitrogen and oxygen atoms in total. The lowest BCUT2D eigenvalue weighted by Gasteiger charge is -2.01. The van der Waals surface area contributed by atoms with Gasteiger partial charge in [0, 0.05) is 16.9 Å². The molecule has 0 radical (unpaired) electrons. The number of anilines is 1. The van der Waals surface area contributed by atoms with Crippen molar-refractivity contribution in [2.75, 3.05) is 5.32 Å². The summed E-state index contributed by atoms with van der Waals surface area (Å²) in [5, 5.41) is 3.55. The number of nitrogens with two attached hydrogens (primary N) is 1. The van der Waals surface area contributed by atoms with Gasteiger partial charge in [-0.25, -0.2) is 4.39 Å². The van der Waals surface area contributed by atoms with E-state index in [2.05, 4.69) is 10.3 Å². The van der Waals surface area contributed by atoms with Gasteiger partial charge in [0.2, 0.25) is 0 Å². The van der Waals surface area contributed by atoms with E-state index in [1.54, 1.807) is 36.5 Å². The van der Waals surface area contributed by atoms with E-state index >= 15 is 0 Å². The van der Waals surface area contributed by atoms with Gasteiger partial charge in [-0.05, 0) is 35.9 Å². The highest BCUT2D eigenvalue weighted by molar-refractivity contribution is 6.30. The van der Waals surface area contributed by atoms with Gasteiger partial charge in [0.15, 0.2) is 0 Å². The third-order valence-electron chi connectivity index (χ3n) is 2.88. The number of rotatable bonds is 5. The van der Waals surface area contributed by atoms with Crippen LogP contribution < -0.4 is 11.1 Å². The van der Waals surface area contributed by atoms with Crippen LogP contribution >= 0.6 is 11.6 Å². The smallest absolute Gasteiger partial charge is 0.252 e. The largest absolute Gasteiger partial charge is 0.384 e. The third-order valence-corrected chi connectivity index (χ3v) is 3.12. The van der Waals surface area contributed by atoms with Crippen LogP contribution in [0.5, 0.6) is 0 Å². The molecule has 0 bridgehead atoms. The molecule has 23 heavy (non-hydrogen) atoms. The SMILES string of the molecule is NC(/C=C\Nc1cccc(Cl)c1)=NC(=O)Cc1ccccc1F. The fraction of sp³-hybridized carbons (Fsp3) is 0.0588. The molecular weight excluding hydrogens is 317 g/mol. The number of aliphatic imine (C=N–C) groups is 1. The van der Waals surface area contributed by atoms with Crippen molar-refractivity contribution in [3.63, 3.8) is 0 Å². The minimum absolute atomic E-state index is 0.0286. The lowest BCUT2D eigenvalue weighted by atomic mass is 10.1. The molecule has 2 aromatic rings. The van der Waals surface area contributed by atoms with Crippen LogP contribution in [-0.2, 0) is 11.2 Å². The monoisotopic (exact) mass is 331 g/mol. The van der Waals surface area contributed by atoms with Gasteiger partial charge < -0.3 is 11.1 Å². The highest BCUT2D eigenvalue weighted by Crippen LogP contribution is 2.14. The van der Waals surface area contributed by atoms with Gasteiger partial charge in [0.05, 0.1) is 6.42 Å². The van der Waals surface area contributed by atoms with Crippen LogP contribution in [0.3, 0.4) is 0 Å². The maximum absolute atomic E-state index is 13.4. The lowest BCUT2D eigenvalue weighted by molar-refractivity contribution is -0.117. The highest BCUT2D eigenvalue weighted by atomic mass is 35.5. The van der Waals surface area contributed by atoms with Crippen molar-refractivity contribution in [1.29, 1.82) is 0 Å². The molecule has 2 aromatic carbocycles. The predicted octanol–water partition coefficient (Wildman–Crippen LogP) is 3.53. The first-order chi connectivity index (χ1) is 11.0. The normalized spacial score (nSPS) is 11.7. The van der Waals surface area contributed by atoms with Gasteiger partial charge in [-0.2, -0.15) is 4.99 Å². The molecular formula is C17H15ClFN3O. The summed E-state index contributed by atoms with van der Waals surface area (Å²) in [5.74, 6) is -0.923. The van der Waals surface area contributed by atoms with Crippen LogP contribution in [0.25, 0.3) is 0 Å². The number of hydrogen-bond donors (Lipinski definition) is 2. The Morgan fingerprint density at radius 2 is 2.04 bits per heavy atom. The molecule has 3 N–H and O–H groups in total. The van der Waals surface area contributed by atoms with Crippen molar-refractivity contribution in [2.24, 2.45) is 10.7 Å². The first kappa shape index (κ1) is 16.7. The number of amides is 1. The Morgan fingerprint density at radius 3 is 2.78 bits per heavy atom. The van der Waals surface area contributed by atoms with E-state index in [1.807, 2.05) is 6.07 Å². The number of carbonyl (C=O) groups is 1. The van der Waals surface area contributed by atoms with Crippen LogP contribution in [0.15, 0.2) is 65.8 Å². The lowest BCUT2D eigenvalue weighted by Crippen LogP contribution is -2.13. The summed E-state index contributed by atoms with van der Waals surface area (Å²) in [4.78, 5) is 15.4. The number of nitrogens with one attached hydrogen (secondary N) is 1. The van der Waals surface area contributed by atoms with E-state index in [9.17, 15) is 9.18 Å². The Bertz CT molecular complexity index is 759.